The van der Waals surface area contributed by atoms with Gasteiger partial charge in [-0.1, -0.05) is 0 Å². The highest BCUT2D eigenvalue weighted by Crippen LogP contribution is 2.20. The van der Waals surface area contributed by atoms with Gasteiger partial charge in [0.1, 0.15) is 5.60 Å². The molecule has 3 N–H and O–H groups in total. The molecule has 1 aliphatic carbocycles. The van der Waals surface area contributed by atoms with Crippen molar-refractivity contribution in [2.24, 2.45) is 0 Å². The van der Waals surface area contributed by atoms with Gasteiger partial charge in [0.05, 0.1) is 5.60 Å². The number of amides is 1. The van der Waals surface area contributed by atoms with Crippen molar-refractivity contribution in [2.75, 3.05) is 27.2 Å². The van der Waals surface area contributed by atoms with E-state index < -0.39 is 11.2 Å². The van der Waals surface area contributed by atoms with Crippen LogP contribution in [0, 0.1) is 0 Å². The lowest BCUT2D eigenvalue weighted by Gasteiger charge is -2.28. The van der Waals surface area contributed by atoms with Gasteiger partial charge in [-0.2, -0.15) is 0 Å². The van der Waals surface area contributed by atoms with Crippen LogP contribution in [0.3, 0.4) is 0 Å². The number of nitrogens with zero attached hydrogens (tertiary/aromatic N) is 1. The fraction of sp³-hybridized carbons (Fsp3) is 0.938. The van der Waals surface area contributed by atoms with E-state index in [2.05, 4.69) is 10.6 Å². The molecule has 0 aromatic rings. The van der Waals surface area contributed by atoms with E-state index >= 15 is 0 Å². The highest BCUT2D eigenvalue weighted by atomic mass is 16.6. The van der Waals surface area contributed by atoms with E-state index in [0.29, 0.717) is 19.1 Å². The Bertz CT molecular complexity index is 364. The number of carbonyl (C=O) groups is 1. The van der Waals surface area contributed by atoms with Crippen LogP contribution in [0.1, 0.15) is 47.0 Å². The van der Waals surface area contributed by atoms with Crippen LogP contribution >= 0.6 is 0 Å². The average molecular weight is 315 g/mol. The molecule has 1 aliphatic rings. The third-order valence-electron chi connectivity index (χ3n) is 3.58. The lowest BCUT2D eigenvalue weighted by atomic mass is 10.1. The molecule has 0 saturated heterocycles. The molecule has 1 fully saturated rings. The zero-order valence-electron chi connectivity index (χ0n) is 14.9. The first-order valence-corrected chi connectivity index (χ1v) is 8.07. The Hall–Kier alpha value is -0.850. The molecular formula is C16H33N3O3. The van der Waals surface area contributed by atoms with E-state index in [0.717, 1.165) is 19.3 Å². The summed E-state index contributed by atoms with van der Waals surface area (Å²) >= 11 is 0. The Morgan fingerprint density at radius 3 is 2.36 bits per heavy atom. The van der Waals surface area contributed by atoms with Gasteiger partial charge in [-0.3, -0.25) is 0 Å². The quantitative estimate of drug-likeness (QED) is 0.690. The molecule has 0 aromatic carbocycles. The maximum Gasteiger partial charge on any atom is 0.407 e. The predicted molar refractivity (Wildman–Crippen MR) is 88.0 cm³/mol. The molecule has 0 aromatic heterocycles. The first kappa shape index (κ1) is 19.2. The van der Waals surface area contributed by atoms with Gasteiger partial charge in [-0.25, -0.2) is 4.79 Å². The van der Waals surface area contributed by atoms with E-state index in [4.69, 9.17) is 4.74 Å². The predicted octanol–water partition coefficient (Wildman–Crippen LogP) is 1.33. The number of likely N-dealkylation sites (N-methyl/N-ethyl adjacent to an activating group) is 1. The molecule has 0 spiro atoms. The second-order valence-electron chi connectivity index (χ2n) is 7.97. The zero-order valence-corrected chi connectivity index (χ0v) is 14.9. The molecule has 0 radical (unpaired) electrons. The van der Waals surface area contributed by atoms with Gasteiger partial charge in [0, 0.05) is 25.2 Å². The average Bonchev–Trinajstić information content (AvgIpc) is 2.69. The Kier molecular flexibility index (Phi) is 6.65. The van der Waals surface area contributed by atoms with Crippen molar-refractivity contribution >= 4 is 6.09 Å². The first-order valence-electron chi connectivity index (χ1n) is 8.07. The molecule has 6 heteroatoms. The van der Waals surface area contributed by atoms with E-state index in [1.54, 1.807) is 0 Å². The standard InChI is InChI=1S/C16H33N3O3/c1-15(2,3)22-14(20)18-13-8-7-12(9-13)17-10-16(4,21)11-19(5)6/h12-13,17,21H,7-11H2,1-6H3,(H,18,20). The number of nitrogens with one attached hydrogen (secondary N) is 2. The molecule has 0 bridgehead atoms. The molecule has 22 heavy (non-hydrogen) atoms. The highest BCUT2D eigenvalue weighted by Gasteiger charge is 2.29. The molecule has 130 valence electrons. The SMILES string of the molecule is CN(C)CC(C)(O)CNC1CCC(NC(=O)OC(C)(C)C)C1. The summed E-state index contributed by atoms with van der Waals surface area (Å²) in [4.78, 5) is 13.7. The molecule has 6 nitrogen and oxygen atoms in total. The van der Waals surface area contributed by atoms with Crippen LogP contribution in [-0.4, -0.2) is 66.6 Å². The number of ether oxygens (including phenoxy) is 1. The third-order valence-corrected chi connectivity index (χ3v) is 3.58. The van der Waals surface area contributed by atoms with Crippen LogP contribution in [-0.2, 0) is 4.74 Å². The summed E-state index contributed by atoms with van der Waals surface area (Å²) in [5.41, 5.74) is -1.22. The topological polar surface area (TPSA) is 73.8 Å². The summed E-state index contributed by atoms with van der Waals surface area (Å²) in [6.45, 7) is 8.59. The second-order valence-corrected chi connectivity index (χ2v) is 7.97. The van der Waals surface area contributed by atoms with Crippen LogP contribution in [0.5, 0.6) is 0 Å². The summed E-state index contributed by atoms with van der Waals surface area (Å²) in [6.07, 6.45) is 2.46. The lowest BCUT2D eigenvalue weighted by Crippen LogP contribution is -2.48. The fourth-order valence-corrected chi connectivity index (χ4v) is 2.87. The van der Waals surface area contributed by atoms with Crippen molar-refractivity contribution in [2.45, 2.75) is 70.2 Å². The largest absolute Gasteiger partial charge is 0.444 e. The van der Waals surface area contributed by atoms with E-state index in [9.17, 15) is 9.90 Å². The summed E-state index contributed by atoms with van der Waals surface area (Å²) < 4.78 is 5.28. The number of hydrogen-bond donors (Lipinski definition) is 3. The maximum absolute atomic E-state index is 11.8. The van der Waals surface area contributed by atoms with Crippen LogP contribution < -0.4 is 10.6 Å². The van der Waals surface area contributed by atoms with Crippen molar-refractivity contribution < 1.29 is 14.6 Å². The van der Waals surface area contributed by atoms with Crippen molar-refractivity contribution in [1.82, 2.24) is 15.5 Å². The zero-order chi connectivity index (χ0) is 17.0. The normalized spacial score (nSPS) is 25.1. The van der Waals surface area contributed by atoms with E-state index in [-0.39, 0.29) is 12.1 Å². The minimum absolute atomic E-state index is 0.145. The minimum Gasteiger partial charge on any atom is -0.444 e. The second kappa shape index (κ2) is 7.62. The smallest absolute Gasteiger partial charge is 0.407 e. The van der Waals surface area contributed by atoms with Crippen molar-refractivity contribution in [3.8, 4) is 0 Å². The molecule has 1 rings (SSSR count). The van der Waals surface area contributed by atoms with Crippen molar-refractivity contribution in [3.63, 3.8) is 0 Å². The van der Waals surface area contributed by atoms with Gasteiger partial charge < -0.3 is 25.4 Å². The van der Waals surface area contributed by atoms with Gasteiger partial charge in [0.25, 0.3) is 0 Å². The molecule has 0 heterocycles. The Balaban J connectivity index is 2.30. The Morgan fingerprint density at radius 2 is 1.82 bits per heavy atom. The van der Waals surface area contributed by atoms with Crippen LogP contribution in [0.15, 0.2) is 0 Å². The van der Waals surface area contributed by atoms with Gasteiger partial charge >= 0.3 is 6.09 Å². The van der Waals surface area contributed by atoms with Gasteiger partial charge in [-0.05, 0) is 61.1 Å². The van der Waals surface area contributed by atoms with Crippen molar-refractivity contribution in [3.05, 3.63) is 0 Å². The molecule has 1 amide bonds. The number of alkyl carbamates (subject to hydrolysis) is 1. The number of hydrogen-bond acceptors (Lipinski definition) is 5. The highest BCUT2D eigenvalue weighted by molar-refractivity contribution is 5.68. The molecule has 3 atom stereocenters. The number of rotatable bonds is 6. The van der Waals surface area contributed by atoms with E-state index in [1.165, 1.54) is 0 Å². The number of carbonyl (C=O) groups excluding carboxylic acids is 1. The summed E-state index contributed by atoms with van der Waals surface area (Å²) in [7, 11) is 3.90. The monoisotopic (exact) mass is 315 g/mol. The number of aliphatic hydroxyl groups is 1. The van der Waals surface area contributed by atoms with Crippen LogP contribution in [0.4, 0.5) is 4.79 Å². The first-order chi connectivity index (χ1) is 9.97. The fourth-order valence-electron chi connectivity index (χ4n) is 2.87. The summed E-state index contributed by atoms with van der Waals surface area (Å²) in [6, 6.07) is 0.472. The van der Waals surface area contributed by atoms with Gasteiger partial charge in [0.15, 0.2) is 0 Å². The maximum atomic E-state index is 11.8. The van der Waals surface area contributed by atoms with Crippen LogP contribution in [0.25, 0.3) is 0 Å². The van der Waals surface area contributed by atoms with Crippen LogP contribution in [0.2, 0.25) is 0 Å². The lowest BCUT2D eigenvalue weighted by molar-refractivity contribution is 0.0312. The van der Waals surface area contributed by atoms with Gasteiger partial charge in [0.2, 0.25) is 0 Å². The molecular weight excluding hydrogens is 282 g/mol. The molecule has 1 saturated carbocycles. The van der Waals surface area contributed by atoms with Gasteiger partial charge in [-0.15, -0.1) is 0 Å². The summed E-state index contributed by atoms with van der Waals surface area (Å²) in [5, 5.41) is 16.6. The van der Waals surface area contributed by atoms with E-state index in [1.807, 2.05) is 46.7 Å². The molecule has 0 aliphatic heterocycles. The third kappa shape index (κ3) is 7.96. The van der Waals surface area contributed by atoms with Crippen molar-refractivity contribution in [1.29, 1.82) is 0 Å². The Morgan fingerprint density at radius 1 is 1.23 bits per heavy atom. The Labute approximate surface area is 134 Å². The summed E-state index contributed by atoms with van der Waals surface area (Å²) in [5.74, 6) is 0. The minimum atomic E-state index is -0.750. The molecule has 3 unspecified atom stereocenters.